The second kappa shape index (κ2) is 10.1. The second-order valence-electron chi connectivity index (χ2n) is 7.87. The molecule has 33 heavy (non-hydrogen) atoms. The molecule has 3 aromatic heterocycles. The van der Waals surface area contributed by atoms with Crippen molar-refractivity contribution >= 4 is 39.6 Å². The smallest absolute Gasteiger partial charge is 0.336 e. The predicted octanol–water partition coefficient (Wildman–Crippen LogP) is 6.97. The van der Waals surface area contributed by atoms with Gasteiger partial charge in [-0.15, -0.1) is 22.7 Å². The molecule has 3 heterocycles. The summed E-state index contributed by atoms with van der Waals surface area (Å²) in [6, 6.07) is 13.3. The van der Waals surface area contributed by atoms with E-state index in [-0.39, 0.29) is 5.56 Å². The Balaban J connectivity index is 1.68. The van der Waals surface area contributed by atoms with Crippen LogP contribution in [0.3, 0.4) is 0 Å². The highest BCUT2D eigenvalue weighted by Gasteiger charge is 2.18. The van der Waals surface area contributed by atoms with Crippen LogP contribution < -0.4 is 10.1 Å². The molecule has 0 aliphatic rings. The molecule has 170 valence electrons. The van der Waals surface area contributed by atoms with E-state index in [4.69, 9.17) is 9.72 Å². The lowest BCUT2D eigenvalue weighted by atomic mass is 10.0. The monoisotopic (exact) mass is 479 g/mol. The van der Waals surface area contributed by atoms with Crippen LogP contribution in [0.2, 0.25) is 0 Å². The first kappa shape index (κ1) is 22.9. The van der Waals surface area contributed by atoms with Crippen molar-refractivity contribution in [1.29, 1.82) is 0 Å². The quantitative estimate of drug-likeness (QED) is 0.270. The fraction of sp³-hybridized carbons (Fsp3) is 0.240. The van der Waals surface area contributed by atoms with E-state index in [1.54, 1.807) is 23.6 Å². The molecule has 8 heteroatoms. The predicted molar refractivity (Wildman–Crippen MR) is 135 cm³/mol. The van der Waals surface area contributed by atoms with Crippen molar-refractivity contribution in [3.05, 3.63) is 64.5 Å². The van der Waals surface area contributed by atoms with E-state index in [1.165, 1.54) is 11.3 Å². The number of rotatable bonds is 9. The number of benzene rings is 1. The third-order valence-corrected chi connectivity index (χ3v) is 6.76. The molecule has 0 radical (unpaired) electrons. The number of carbonyl (C=O) groups is 1. The lowest BCUT2D eigenvalue weighted by Gasteiger charge is -2.07. The molecule has 0 unspecified atom stereocenters. The number of hydrogen-bond donors (Lipinski definition) is 2. The van der Waals surface area contributed by atoms with Crippen molar-refractivity contribution in [2.24, 2.45) is 5.92 Å². The van der Waals surface area contributed by atoms with E-state index in [1.807, 2.05) is 48.7 Å². The summed E-state index contributed by atoms with van der Waals surface area (Å²) in [7, 11) is 0. The number of pyridine rings is 1. The van der Waals surface area contributed by atoms with Gasteiger partial charge in [0.05, 0.1) is 17.9 Å². The standard InChI is InChI=1S/C25H25N3O3S2/c1-4-31-17-8-5-7-16(12-17)23-21(11-15(2)3)33-25(28-23)27-22-13-18(24(29)30)19(14-26-22)20-9-6-10-32-20/h5-10,12-15H,4,11H2,1-3H3,(H,29,30)(H,26,27,28). The third-order valence-electron chi connectivity index (χ3n) is 4.87. The molecule has 0 spiro atoms. The summed E-state index contributed by atoms with van der Waals surface area (Å²) < 4.78 is 5.66. The van der Waals surface area contributed by atoms with E-state index in [9.17, 15) is 9.90 Å². The minimum absolute atomic E-state index is 0.207. The minimum Gasteiger partial charge on any atom is -0.494 e. The fourth-order valence-corrected chi connectivity index (χ4v) is 5.43. The van der Waals surface area contributed by atoms with Crippen LogP contribution in [0.15, 0.2) is 54.0 Å². The zero-order valence-electron chi connectivity index (χ0n) is 18.7. The number of nitrogens with zero attached hydrogens (tertiary/aromatic N) is 2. The second-order valence-corrected chi connectivity index (χ2v) is 9.90. The lowest BCUT2D eigenvalue weighted by Crippen LogP contribution is -2.02. The van der Waals surface area contributed by atoms with Crippen LogP contribution in [0.4, 0.5) is 10.9 Å². The molecule has 0 aliphatic carbocycles. The summed E-state index contributed by atoms with van der Waals surface area (Å²) in [5.74, 6) is 0.739. The molecule has 0 fully saturated rings. The topological polar surface area (TPSA) is 84.3 Å². The Morgan fingerprint density at radius 1 is 1.21 bits per heavy atom. The van der Waals surface area contributed by atoms with E-state index in [0.29, 0.717) is 29.0 Å². The van der Waals surface area contributed by atoms with Gasteiger partial charge in [-0.1, -0.05) is 32.0 Å². The number of nitrogens with one attached hydrogen (secondary N) is 1. The van der Waals surface area contributed by atoms with Gasteiger partial charge < -0.3 is 15.2 Å². The van der Waals surface area contributed by atoms with Crippen molar-refractivity contribution in [3.8, 4) is 27.4 Å². The van der Waals surface area contributed by atoms with Gasteiger partial charge in [-0.25, -0.2) is 14.8 Å². The molecule has 6 nitrogen and oxygen atoms in total. The van der Waals surface area contributed by atoms with Gasteiger partial charge in [0.25, 0.3) is 0 Å². The number of anilines is 2. The molecule has 0 bridgehead atoms. The molecule has 0 atom stereocenters. The first-order valence-corrected chi connectivity index (χ1v) is 12.4. The Morgan fingerprint density at radius 2 is 2.06 bits per heavy atom. The number of aromatic nitrogens is 2. The van der Waals surface area contributed by atoms with Crippen LogP contribution in [0.1, 0.15) is 36.0 Å². The largest absolute Gasteiger partial charge is 0.494 e. The summed E-state index contributed by atoms with van der Waals surface area (Å²) in [6.07, 6.45) is 2.49. The summed E-state index contributed by atoms with van der Waals surface area (Å²) >= 11 is 3.05. The van der Waals surface area contributed by atoms with Crippen LogP contribution in [0, 0.1) is 5.92 Å². The molecule has 0 amide bonds. The number of thiophene rings is 1. The Morgan fingerprint density at radius 3 is 2.76 bits per heavy atom. The lowest BCUT2D eigenvalue weighted by molar-refractivity contribution is 0.0697. The molecular formula is C25H25N3O3S2. The summed E-state index contributed by atoms with van der Waals surface area (Å²) in [5, 5.41) is 15.6. The summed E-state index contributed by atoms with van der Waals surface area (Å²) in [6.45, 7) is 6.92. The van der Waals surface area contributed by atoms with Gasteiger partial charge in [0.2, 0.25) is 0 Å². The fourth-order valence-electron chi connectivity index (χ4n) is 3.48. The van der Waals surface area contributed by atoms with Crippen molar-refractivity contribution in [2.45, 2.75) is 27.2 Å². The minimum atomic E-state index is -0.989. The Bertz CT molecular complexity index is 1250. The average molecular weight is 480 g/mol. The Kier molecular flexibility index (Phi) is 7.05. The first-order valence-electron chi connectivity index (χ1n) is 10.7. The van der Waals surface area contributed by atoms with Gasteiger partial charge in [-0.3, -0.25) is 0 Å². The summed E-state index contributed by atoms with van der Waals surface area (Å²) in [4.78, 5) is 23.2. The normalized spacial score (nSPS) is 11.0. The van der Waals surface area contributed by atoms with Crippen molar-refractivity contribution in [1.82, 2.24) is 9.97 Å². The van der Waals surface area contributed by atoms with Crippen LogP contribution in [-0.2, 0) is 6.42 Å². The van der Waals surface area contributed by atoms with Gasteiger partial charge in [0.1, 0.15) is 11.6 Å². The number of ether oxygens (including phenoxy) is 1. The number of thiazole rings is 1. The average Bonchev–Trinajstić information content (AvgIpc) is 3.44. The molecular weight excluding hydrogens is 454 g/mol. The highest BCUT2D eigenvalue weighted by atomic mass is 32.1. The van der Waals surface area contributed by atoms with E-state index in [2.05, 4.69) is 24.1 Å². The molecule has 0 saturated carbocycles. The number of carboxylic acids is 1. The molecule has 2 N–H and O–H groups in total. The molecule has 0 saturated heterocycles. The van der Waals surface area contributed by atoms with Crippen molar-refractivity contribution in [2.75, 3.05) is 11.9 Å². The highest BCUT2D eigenvalue weighted by Crippen LogP contribution is 2.36. The van der Waals surface area contributed by atoms with Crippen molar-refractivity contribution < 1.29 is 14.6 Å². The summed E-state index contributed by atoms with van der Waals surface area (Å²) in [5.41, 5.74) is 2.72. The highest BCUT2D eigenvalue weighted by molar-refractivity contribution is 7.16. The maximum atomic E-state index is 11.9. The molecule has 4 aromatic rings. The maximum Gasteiger partial charge on any atom is 0.336 e. The molecule has 4 rings (SSSR count). The van der Waals surface area contributed by atoms with Crippen LogP contribution >= 0.6 is 22.7 Å². The van der Waals surface area contributed by atoms with Crippen LogP contribution in [0.5, 0.6) is 5.75 Å². The first-order chi connectivity index (χ1) is 15.9. The third kappa shape index (κ3) is 5.40. The number of aromatic carboxylic acids is 1. The SMILES string of the molecule is CCOc1cccc(-c2nc(Nc3cc(C(=O)O)c(-c4cccs4)cn3)sc2CC(C)C)c1. The molecule has 0 aliphatic heterocycles. The Labute approximate surface area is 200 Å². The van der Waals surface area contributed by atoms with Crippen molar-refractivity contribution in [3.63, 3.8) is 0 Å². The van der Waals surface area contributed by atoms with Gasteiger partial charge in [0, 0.05) is 27.1 Å². The zero-order chi connectivity index (χ0) is 23.4. The van der Waals surface area contributed by atoms with Gasteiger partial charge in [-0.2, -0.15) is 0 Å². The van der Waals surface area contributed by atoms with Gasteiger partial charge in [0.15, 0.2) is 5.13 Å². The van der Waals surface area contributed by atoms with Gasteiger partial charge in [-0.05, 0) is 48.9 Å². The Hall–Kier alpha value is -3.23. The van der Waals surface area contributed by atoms with E-state index in [0.717, 1.165) is 33.2 Å². The van der Waals surface area contributed by atoms with Crippen LogP contribution in [-0.4, -0.2) is 27.7 Å². The van der Waals surface area contributed by atoms with Gasteiger partial charge >= 0.3 is 5.97 Å². The number of hydrogen-bond acceptors (Lipinski definition) is 7. The number of carboxylic acid groups (broad SMARTS) is 1. The molecule has 1 aromatic carbocycles. The van der Waals surface area contributed by atoms with E-state index >= 15 is 0 Å². The zero-order valence-corrected chi connectivity index (χ0v) is 20.3. The van der Waals surface area contributed by atoms with E-state index < -0.39 is 5.97 Å². The maximum absolute atomic E-state index is 11.9. The van der Waals surface area contributed by atoms with Crippen LogP contribution in [0.25, 0.3) is 21.7 Å².